The Bertz CT molecular complexity index is 1190. The highest BCUT2D eigenvalue weighted by molar-refractivity contribution is 5.90. The van der Waals surface area contributed by atoms with Gasteiger partial charge in [0, 0.05) is 31.2 Å². The van der Waals surface area contributed by atoms with Gasteiger partial charge < -0.3 is 24.2 Å². The summed E-state index contributed by atoms with van der Waals surface area (Å²) in [4.78, 5) is 18.3. The molecule has 9 heteroatoms. The van der Waals surface area contributed by atoms with E-state index in [4.69, 9.17) is 14.2 Å². The summed E-state index contributed by atoms with van der Waals surface area (Å²) in [5.74, 6) is 1.06. The molecular weight excluding hydrogens is 448 g/mol. The molecular formula is C26H32N4O5. The fourth-order valence-corrected chi connectivity index (χ4v) is 4.44. The van der Waals surface area contributed by atoms with Crippen molar-refractivity contribution in [2.24, 2.45) is 5.92 Å². The third-order valence-corrected chi connectivity index (χ3v) is 6.23. The lowest BCUT2D eigenvalue weighted by Gasteiger charge is -2.39. The highest BCUT2D eigenvalue weighted by atomic mass is 16.6. The van der Waals surface area contributed by atoms with E-state index >= 15 is 0 Å². The molecule has 2 aliphatic rings. The summed E-state index contributed by atoms with van der Waals surface area (Å²) in [6, 6.07) is 7.40. The van der Waals surface area contributed by atoms with Crippen LogP contribution in [0.4, 0.5) is 4.79 Å². The highest BCUT2D eigenvalue weighted by Crippen LogP contribution is 2.35. The lowest BCUT2D eigenvalue weighted by atomic mass is 10.0. The van der Waals surface area contributed by atoms with Gasteiger partial charge in [-0.3, -0.25) is 4.98 Å². The van der Waals surface area contributed by atoms with Gasteiger partial charge in [-0.25, -0.2) is 9.48 Å². The third-order valence-electron chi connectivity index (χ3n) is 6.23. The number of ether oxygens (including phenoxy) is 3. The second-order valence-electron chi connectivity index (χ2n) is 10.3. The summed E-state index contributed by atoms with van der Waals surface area (Å²) in [5.41, 5.74) is 2.01. The predicted octanol–water partition coefficient (Wildman–Crippen LogP) is 4.75. The molecule has 0 bridgehead atoms. The van der Waals surface area contributed by atoms with Gasteiger partial charge >= 0.3 is 6.09 Å². The molecule has 1 N–H and O–H groups in total. The molecule has 2 aliphatic heterocycles. The molecule has 1 amide bonds. The number of benzene rings is 1. The van der Waals surface area contributed by atoms with E-state index in [0.717, 1.165) is 48.0 Å². The minimum atomic E-state index is -0.505. The standard InChI is InChI=1S/C26H32N4O5/c1-26(2,3)35-25(32)29-14-17(15-29)16-34-23-11-18(21-8-7-19(31)12-27-21)10-22-20(23)13-28-30(22)24-6-4-5-9-33-24/h7-8,10-13,17,24,31H,4-6,9,14-16H2,1-3H3. The normalized spacial score (nSPS) is 18.9. The summed E-state index contributed by atoms with van der Waals surface area (Å²) in [7, 11) is 0. The van der Waals surface area contributed by atoms with E-state index in [0.29, 0.717) is 25.4 Å². The van der Waals surface area contributed by atoms with Gasteiger partial charge in [-0.15, -0.1) is 0 Å². The van der Waals surface area contributed by atoms with Crippen LogP contribution in [0.15, 0.2) is 36.7 Å². The topological polar surface area (TPSA) is 98.9 Å². The molecule has 2 aromatic heterocycles. The molecule has 9 nitrogen and oxygen atoms in total. The van der Waals surface area contributed by atoms with Crippen LogP contribution in [0.3, 0.4) is 0 Å². The molecule has 186 valence electrons. The summed E-state index contributed by atoms with van der Waals surface area (Å²) >= 11 is 0. The maximum atomic E-state index is 12.2. The smallest absolute Gasteiger partial charge is 0.410 e. The van der Waals surface area contributed by atoms with E-state index < -0.39 is 5.60 Å². The maximum absolute atomic E-state index is 12.2. The molecule has 0 aliphatic carbocycles. The Morgan fingerprint density at radius 3 is 2.71 bits per heavy atom. The lowest BCUT2D eigenvalue weighted by molar-refractivity contribution is -0.0366. The number of rotatable bonds is 5. The van der Waals surface area contributed by atoms with Gasteiger partial charge in [0.2, 0.25) is 0 Å². The third kappa shape index (κ3) is 5.19. The number of pyridine rings is 1. The van der Waals surface area contributed by atoms with Crippen molar-refractivity contribution in [3.8, 4) is 22.8 Å². The van der Waals surface area contributed by atoms with Crippen molar-refractivity contribution in [2.75, 3.05) is 26.3 Å². The summed E-state index contributed by atoms with van der Waals surface area (Å²) in [5, 5.41) is 15.2. The van der Waals surface area contributed by atoms with Gasteiger partial charge in [-0.05, 0) is 64.3 Å². The average molecular weight is 481 g/mol. The van der Waals surface area contributed by atoms with Crippen molar-refractivity contribution in [3.63, 3.8) is 0 Å². The van der Waals surface area contributed by atoms with Crippen LogP contribution in [0.25, 0.3) is 22.2 Å². The number of hydrogen-bond donors (Lipinski definition) is 1. The van der Waals surface area contributed by atoms with Crippen LogP contribution in [0, 0.1) is 5.92 Å². The van der Waals surface area contributed by atoms with Crippen LogP contribution in [0.1, 0.15) is 46.3 Å². The predicted molar refractivity (Wildman–Crippen MR) is 130 cm³/mol. The first-order valence-corrected chi connectivity index (χ1v) is 12.2. The van der Waals surface area contributed by atoms with Gasteiger partial charge in [0.1, 0.15) is 17.1 Å². The number of hydrogen-bond acceptors (Lipinski definition) is 7. The van der Waals surface area contributed by atoms with E-state index in [1.165, 1.54) is 6.20 Å². The van der Waals surface area contributed by atoms with Gasteiger partial charge in [0.05, 0.1) is 35.6 Å². The first kappa shape index (κ1) is 23.4. The van der Waals surface area contributed by atoms with Crippen molar-refractivity contribution in [3.05, 3.63) is 36.7 Å². The lowest BCUT2D eigenvalue weighted by Crippen LogP contribution is -2.53. The van der Waals surface area contributed by atoms with Crippen molar-refractivity contribution < 1.29 is 24.1 Å². The first-order chi connectivity index (χ1) is 16.8. The van der Waals surface area contributed by atoms with Gasteiger partial charge in [0.25, 0.3) is 0 Å². The van der Waals surface area contributed by atoms with Crippen LogP contribution in [-0.4, -0.2) is 62.8 Å². The average Bonchev–Trinajstić information content (AvgIpc) is 3.22. The Morgan fingerprint density at radius 1 is 1.20 bits per heavy atom. The van der Waals surface area contributed by atoms with E-state index in [2.05, 4.69) is 10.1 Å². The van der Waals surface area contributed by atoms with Crippen molar-refractivity contribution in [2.45, 2.75) is 51.9 Å². The van der Waals surface area contributed by atoms with Gasteiger partial charge in [-0.2, -0.15) is 5.10 Å². The number of likely N-dealkylation sites (tertiary alicyclic amines) is 1. The van der Waals surface area contributed by atoms with E-state index in [1.54, 1.807) is 17.0 Å². The number of aromatic hydroxyl groups is 1. The number of fused-ring (bicyclic) bond motifs is 1. The number of carbonyl (C=O) groups excluding carboxylic acids is 1. The zero-order chi connectivity index (χ0) is 24.6. The molecule has 4 heterocycles. The second-order valence-corrected chi connectivity index (χ2v) is 10.3. The minimum Gasteiger partial charge on any atom is -0.506 e. The van der Waals surface area contributed by atoms with Crippen molar-refractivity contribution >= 4 is 17.0 Å². The zero-order valence-electron chi connectivity index (χ0n) is 20.4. The number of carbonyl (C=O) groups is 1. The number of nitrogens with zero attached hydrogens (tertiary/aromatic N) is 4. The molecule has 0 radical (unpaired) electrons. The van der Waals surface area contributed by atoms with Crippen LogP contribution in [0.2, 0.25) is 0 Å². The Balaban J connectivity index is 1.36. The fourth-order valence-electron chi connectivity index (χ4n) is 4.44. The summed E-state index contributed by atoms with van der Waals surface area (Å²) in [6.07, 6.45) is 5.94. The minimum absolute atomic E-state index is 0.105. The molecule has 2 fully saturated rings. The Labute approximate surface area is 204 Å². The maximum Gasteiger partial charge on any atom is 0.410 e. The Hall–Kier alpha value is -3.33. The van der Waals surface area contributed by atoms with E-state index in [1.807, 2.05) is 43.8 Å². The number of aromatic nitrogens is 3. The monoisotopic (exact) mass is 480 g/mol. The molecule has 0 spiro atoms. The van der Waals surface area contributed by atoms with Crippen LogP contribution in [0.5, 0.6) is 11.5 Å². The zero-order valence-corrected chi connectivity index (χ0v) is 20.4. The number of amides is 1. The first-order valence-electron chi connectivity index (χ1n) is 12.2. The highest BCUT2D eigenvalue weighted by Gasteiger charge is 2.34. The Morgan fingerprint density at radius 2 is 2.03 bits per heavy atom. The second kappa shape index (κ2) is 9.37. The largest absolute Gasteiger partial charge is 0.506 e. The van der Waals surface area contributed by atoms with Crippen LogP contribution < -0.4 is 4.74 Å². The molecule has 0 saturated carbocycles. The summed E-state index contributed by atoms with van der Waals surface area (Å²) in [6.45, 7) is 8.01. The van der Waals surface area contributed by atoms with Crippen LogP contribution >= 0.6 is 0 Å². The molecule has 5 rings (SSSR count). The van der Waals surface area contributed by atoms with Gasteiger partial charge in [0.15, 0.2) is 6.23 Å². The fraction of sp³-hybridized carbons (Fsp3) is 0.500. The van der Waals surface area contributed by atoms with E-state index in [9.17, 15) is 9.90 Å². The molecule has 3 aromatic rings. The quantitative estimate of drug-likeness (QED) is 0.563. The van der Waals surface area contributed by atoms with Crippen LogP contribution in [-0.2, 0) is 9.47 Å². The molecule has 1 unspecified atom stereocenters. The molecule has 1 atom stereocenters. The SMILES string of the molecule is CC(C)(C)OC(=O)N1CC(COc2cc(-c3ccc(O)cn3)cc3c2cnn3C2CCCCO2)C1. The molecule has 2 saturated heterocycles. The van der Waals surface area contributed by atoms with E-state index in [-0.39, 0.29) is 24.0 Å². The Kier molecular flexibility index (Phi) is 6.27. The van der Waals surface area contributed by atoms with Gasteiger partial charge in [-0.1, -0.05) is 0 Å². The van der Waals surface area contributed by atoms with Crippen molar-refractivity contribution in [1.82, 2.24) is 19.7 Å². The summed E-state index contributed by atoms with van der Waals surface area (Å²) < 4.78 is 19.6. The molecule has 35 heavy (non-hydrogen) atoms. The van der Waals surface area contributed by atoms with Crippen molar-refractivity contribution in [1.29, 1.82) is 0 Å². The molecule has 1 aromatic carbocycles.